The molecular weight excluding hydrogens is 805 g/mol. The van der Waals surface area contributed by atoms with Crippen molar-refractivity contribution in [3.05, 3.63) is 84.3 Å². The minimum Gasteiger partial charge on any atom is -0.483 e. The summed E-state index contributed by atoms with van der Waals surface area (Å²) in [6.07, 6.45) is 7.06. The van der Waals surface area contributed by atoms with Gasteiger partial charge >= 0.3 is 0 Å². The van der Waals surface area contributed by atoms with E-state index < -0.39 is 35.6 Å². The van der Waals surface area contributed by atoms with Crippen LogP contribution in [0.3, 0.4) is 0 Å². The maximum absolute atomic E-state index is 15.0. The fraction of sp³-hybridized carbons (Fsp3) is 0.400. The molecule has 5 aromatic rings. The third-order valence-electron chi connectivity index (χ3n) is 12.7. The van der Waals surface area contributed by atoms with E-state index in [0.29, 0.717) is 44.9 Å². The molecule has 4 fully saturated rings. The number of hydrogen-bond donors (Lipinski definition) is 2. The van der Waals surface area contributed by atoms with Crippen LogP contribution in [-0.2, 0) is 26.2 Å². The summed E-state index contributed by atoms with van der Waals surface area (Å²) in [4.78, 5) is 72.2. The molecule has 5 aliphatic rings. The number of carbonyl (C=O) groups is 5. The Kier molecular flexibility index (Phi) is 10.7. The van der Waals surface area contributed by atoms with Crippen LogP contribution in [0.1, 0.15) is 59.2 Å². The van der Waals surface area contributed by atoms with Gasteiger partial charge in [-0.1, -0.05) is 12.1 Å². The number of aromatic nitrogens is 3. The maximum atomic E-state index is 15.0. The Morgan fingerprint density at radius 3 is 2.40 bits per heavy atom. The first kappa shape index (κ1) is 41.0. The van der Waals surface area contributed by atoms with Gasteiger partial charge in [0, 0.05) is 123 Å². The summed E-state index contributed by atoms with van der Waals surface area (Å²) in [5.41, 5.74) is 5.47. The van der Waals surface area contributed by atoms with E-state index in [2.05, 4.69) is 50.0 Å². The number of imide groups is 2. The van der Waals surface area contributed by atoms with E-state index in [4.69, 9.17) is 19.4 Å². The zero-order valence-corrected chi connectivity index (χ0v) is 34.0. The van der Waals surface area contributed by atoms with Crippen LogP contribution in [-0.4, -0.2) is 123 Å². The smallest absolute Gasteiger partial charge is 0.290 e. The number of nitrogens with zero attached hydrogens (tertiary/aromatic N) is 6. The Balaban J connectivity index is 0.00000159. The molecule has 1 saturated carbocycles. The number of carboxylic acid groups (broad SMARTS) is 1. The number of likely N-dealkylation sites (tertiary alicyclic amines) is 1. The second-order valence-electron chi connectivity index (χ2n) is 17.0. The number of benzene rings is 2. The van der Waals surface area contributed by atoms with Gasteiger partial charge in [0.05, 0.1) is 29.3 Å². The van der Waals surface area contributed by atoms with Crippen molar-refractivity contribution in [2.24, 2.45) is 12.5 Å². The Labute approximate surface area is 354 Å². The van der Waals surface area contributed by atoms with Crippen molar-refractivity contribution in [3.63, 3.8) is 0 Å². The molecule has 1 atom stereocenters. The Hall–Kier alpha value is -6.33. The molecule has 10 rings (SSSR count). The Morgan fingerprint density at radius 1 is 0.903 bits per heavy atom. The molecule has 3 aromatic heterocycles. The van der Waals surface area contributed by atoms with Crippen LogP contribution in [0, 0.1) is 5.41 Å². The number of anilines is 1. The molecule has 2 N–H and O–H groups in total. The number of hydrogen-bond acceptors (Lipinski definition) is 11. The van der Waals surface area contributed by atoms with Crippen LogP contribution in [0.4, 0.5) is 14.5 Å². The zero-order chi connectivity index (χ0) is 43.3. The zero-order valence-electron chi connectivity index (χ0n) is 34.0. The first-order chi connectivity index (χ1) is 29.8. The van der Waals surface area contributed by atoms with Gasteiger partial charge in [-0.25, -0.2) is 13.8 Å². The number of halogens is 2. The largest absolute Gasteiger partial charge is 0.483 e. The van der Waals surface area contributed by atoms with Crippen molar-refractivity contribution in [2.45, 2.75) is 62.7 Å². The van der Waals surface area contributed by atoms with Crippen molar-refractivity contribution in [1.82, 2.24) is 29.7 Å². The number of piperidine rings is 1. The van der Waals surface area contributed by atoms with Gasteiger partial charge in [0.1, 0.15) is 12.1 Å². The maximum Gasteiger partial charge on any atom is 0.290 e. The molecule has 15 nitrogen and oxygen atoms in total. The SMILES string of the molecule is Cn1c2ccncc2c2ccc(-c3ccc(OC4CC(OCCCC(F)(F)CN5CC6(C5)CN(c5ccc7c(c5)C(=O)N(C5CCC(=O)NC5=O)C7=O)C6)C4)nc3)cc21.O=CO. The van der Waals surface area contributed by atoms with E-state index in [9.17, 15) is 28.0 Å². The molecule has 0 radical (unpaired) electrons. The summed E-state index contributed by atoms with van der Waals surface area (Å²) in [5.74, 6) is -4.44. The molecule has 4 aliphatic heterocycles. The number of nitrogens with one attached hydrogen (secondary N) is 1. The number of amides is 4. The normalized spacial score (nSPS) is 21.8. The molecule has 7 heterocycles. The number of ether oxygens (including phenoxy) is 2. The third kappa shape index (κ3) is 7.74. The van der Waals surface area contributed by atoms with Gasteiger partial charge < -0.3 is 24.0 Å². The van der Waals surface area contributed by atoms with Crippen molar-refractivity contribution in [2.75, 3.05) is 44.2 Å². The van der Waals surface area contributed by atoms with E-state index in [0.717, 1.165) is 43.5 Å². The lowest BCUT2D eigenvalue weighted by atomic mass is 9.72. The predicted molar refractivity (Wildman–Crippen MR) is 222 cm³/mol. The molecular formula is C45H45F2N7O8. The van der Waals surface area contributed by atoms with Crippen LogP contribution in [0.2, 0.25) is 0 Å². The second kappa shape index (κ2) is 16.2. The highest BCUT2D eigenvalue weighted by atomic mass is 19.3. The molecule has 4 amide bonds. The summed E-state index contributed by atoms with van der Waals surface area (Å²) >= 11 is 0. The molecule has 3 saturated heterocycles. The number of rotatable bonds is 12. The predicted octanol–water partition coefficient (Wildman–Crippen LogP) is 5.05. The average molecular weight is 850 g/mol. The van der Waals surface area contributed by atoms with Crippen LogP contribution >= 0.6 is 0 Å². The molecule has 0 bridgehead atoms. The van der Waals surface area contributed by atoms with Gasteiger partial charge in [0.25, 0.3) is 24.2 Å². The highest BCUT2D eigenvalue weighted by Crippen LogP contribution is 2.44. The molecule has 1 spiro atoms. The standard InChI is InChI=1S/C44H43F2N7O6.CH2O2/c1-50-35-11-13-47-20-34(35)31-6-3-26(15-37(31)50)27-4-10-39(48-19-27)59-30-17-29(18-30)58-14-2-12-44(45,46)25-51-21-43(22-51)23-52(24-43)28-5-7-32-33(16-28)42(57)53(41(32)56)36-8-9-38(54)49-40(36)55;2-1-3/h3-7,10-11,13,15-16,19-20,29-30,36H,2,8-9,12,14,17-18,21-25H2,1H3,(H,49,54,55);1H,(H,2,3). The number of carbonyl (C=O) groups excluding carboxylic acids is 4. The quantitative estimate of drug-likeness (QED) is 0.0972. The minimum absolute atomic E-state index is 0.0130. The second-order valence-corrected chi connectivity index (χ2v) is 17.0. The van der Waals surface area contributed by atoms with E-state index in [1.54, 1.807) is 29.3 Å². The van der Waals surface area contributed by atoms with Crippen molar-refractivity contribution in [1.29, 1.82) is 0 Å². The molecule has 2 aromatic carbocycles. The Morgan fingerprint density at radius 2 is 1.66 bits per heavy atom. The summed E-state index contributed by atoms with van der Waals surface area (Å²) in [5, 5.41) is 11.4. The molecule has 1 unspecified atom stereocenters. The van der Waals surface area contributed by atoms with Crippen molar-refractivity contribution in [3.8, 4) is 17.0 Å². The molecule has 62 heavy (non-hydrogen) atoms. The lowest BCUT2D eigenvalue weighted by Gasteiger charge is -2.61. The summed E-state index contributed by atoms with van der Waals surface area (Å²) in [6, 6.07) is 16.3. The number of fused-ring (bicyclic) bond motifs is 4. The van der Waals surface area contributed by atoms with E-state index >= 15 is 0 Å². The van der Waals surface area contributed by atoms with Crippen molar-refractivity contribution < 1.29 is 47.3 Å². The molecule has 1 aliphatic carbocycles. The summed E-state index contributed by atoms with van der Waals surface area (Å²) in [6.45, 7) is 2.20. The number of alkyl halides is 2. The van der Waals surface area contributed by atoms with Crippen LogP contribution in [0.25, 0.3) is 32.9 Å². The fourth-order valence-electron chi connectivity index (χ4n) is 9.58. The summed E-state index contributed by atoms with van der Waals surface area (Å²) < 4.78 is 44.1. The van der Waals surface area contributed by atoms with Crippen LogP contribution in [0.15, 0.2) is 73.2 Å². The van der Waals surface area contributed by atoms with Gasteiger partial charge in [0.15, 0.2) is 0 Å². The Bertz CT molecular complexity index is 2580. The van der Waals surface area contributed by atoms with E-state index in [1.807, 2.05) is 30.6 Å². The third-order valence-corrected chi connectivity index (χ3v) is 12.7. The van der Waals surface area contributed by atoms with E-state index in [1.165, 1.54) is 0 Å². The average Bonchev–Trinajstić information content (AvgIpc) is 3.64. The van der Waals surface area contributed by atoms with E-state index in [-0.39, 0.29) is 74.1 Å². The lowest BCUT2D eigenvalue weighted by Crippen LogP contribution is -2.73. The number of aryl methyl sites for hydroxylation is 1. The lowest BCUT2D eigenvalue weighted by molar-refractivity contribution is -0.136. The summed E-state index contributed by atoms with van der Waals surface area (Å²) in [7, 11) is 2.06. The van der Waals surface area contributed by atoms with Gasteiger partial charge in [0.2, 0.25) is 17.7 Å². The minimum atomic E-state index is -2.82. The first-order valence-electron chi connectivity index (χ1n) is 20.7. The topological polar surface area (TPSA) is 176 Å². The van der Waals surface area contributed by atoms with Crippen molar-refractivity contribution >= 4 is 57.6 Å². The van der Waals surface area contributed by atoms with Gasteiger partial charge in [-0.15, -0.1) is 0 Å². The monoisotopic (exact) mass is 849 g/mol. The van der Waals surface area contributed by atoms with Gasteiger partial charge in [-0.3, -0.25) is 44.1 Å². The highest BCUT2D eigenvalue weighted by Gasteiger charge is 2.54. The first-order valence-corrected chi connectivity index (χ1v) is 20.7. The van der Waals surface area contributed by atoms with Gasteiger partial charge in [-0.05, 0) is 54.8 Å². The van der Waals surface area contributed by atoms with Crippen LogP contribution in [0.5, 0.6) is 5.88 Å². The molecule has 322 valence electrons. The fourth-order valence-corrected chi connectivity index (χ4v) is 9.58. The van der Waals surface area contributed by atoms with Gasteiger partial charge in [-0.2, -0.15) is 0 Å². The van der Waals surface area contributed by atoms with Crippen LogP contribution < -0.4 is 15.0 Å². The highest BCUT2D eigenvalue weighted by molar-refractivity contribution is 6.23. The number of pyridine rings is 2. The molecule has 17 heteroatoms.